The third-order valence-corrected chi connectivity index (χ3v) is 4.58. The van der Waals surface area contributed by atoms with Crippen LogP contribution in [0.5, 0.6) is 0 Å². The van der Waals surface area contributed by atoms with E-state index in [2.05, 4.69) is 29.2 Å². The van der Waals surface area contributed by atoms with Crippen molar-refractivity contribution in [3.8, 4) is 34.0 Å². The molecule has 27 heavy (non-hydrogen) atoms. The minimum atomic E-state index is 0.618. The Labute approximate surface area is 157 Å². The predicted octanol–water partition coefficient (Wildman–Crippen LogP) is 6.22. The second-order valence-electron chi connectivity index (χ2n) is 6.33. The molecule has 0 aliphatic carbocycles. The molecule has 0 unspecified atom stereocenters. The number of fused-ring (bicyclic) bond motifs is 1. The van der Waals surface area contributed by atoms with Gasteiger partial charge in [0.1, 0.15) is 0 Å². The summed E-state index contributed by atoms with van der Waals surface area (Å²) >= 11 is 0. The first kappa shape index (κ1) is 15.5. The first-order valence-electron chi connectivity index (χ1n) is 8.85. The van der Waals surface area contributed by atoms with Crippen molar-refractivity contribution >= 4 is 10.9 Å². The average molecular weight is 348 g/mol. The highest BCUT2D eigenvalue weighted by Gasteiger charge is 2.14. The van der Waals surface area contributed by atoms with Crippen LogP contribution in [0, 0.1) is 0 Å². The van der Waals surface area contributed by atoms with E-state index in [-0.39, 0.29) is 0 Å². The fraction of sp³-hybridized carbons (Fsp3) is 0. The lowest BCUT2D eigenvalue weighted by molar-refractivity contribution is 0.589. The highest BCUT2D eigenvalue weighted by Crippen LogP contribution is 2.34. The number of nitrogens with zero attached hydrogens (tertiary/aromatic N) is 2. The van der Waals surface area contributed by atoms with Crippen LogP contribution in [-0.2, 0) is 0 Å². The van der Waals surface area contributed by atoms with E-state index in [0.29, 0.717) is 5.89 Å². The third kappa shape index (κ3) is 2.89. The molecule has 0 radical (unpaired) electrons. The average Bonchev–Trinajstić information content (AvgIpc) is 3.24. The van der Waals surface area contributed by atoms with Crippen LogP contribution in [0.1, 0.15) is 0 Å². The van der Waals surface area contributed by atoms with Crippen molar-refractivity contribution < 1.29 is 4.42 Å². The maximum atomic E-state index is 6.12. The standard InChI is InChI=1S/C24H16N2O/c1-3-9-17(10-4-1)22-15-20(19-13-7-8-14-21(19)26-22)23-16-25-24(27-23)18-11-5-2-6-12-18/h1-16H. The molecule has 0 atom stereocenters. The number of oxazole rings is 1. The van der Waals surface area contributed by atoms with E-state index in [1.807, 2.05) is 66.7 Å². The summed E-state index contributed by atoms with van der Waals surface area (Å²) in [6.45, 7) is 0. The maximum Gasteiger partial charge on any atom is 0.226 e. The van der Waals surface area contributed by atoms with Gasteiger partial charge in [0.2, 0.25) is 5.89 Å². The van der Waals surface area contributed by atoms with E-state index >= 15 is 0 Å². The Morgan fingerprint density at radius 3 is 2.11 bits per heavy atom. The smallest absolute Gasteiger partial charge is 0.226 e. The van der Waals surface area contributed by atoms with Crippen molar-refractivity contribution in [2.24, 2.45) is 0 Å². The summed E-state index contributed by atoms with van der Waals surface area (Å²) in [5, 5.41) is 1.05. The number of pyridine rings is 1. The van der Waals surface area contributed by atoms with Gasteiger partial charge in [0.05, 0.1) is 17.4 Å². The summed E-state index contributed by atoms with van der Waals surface area (Å²) in [7, 11) is 0. The molecule has 2 heterocycles. The lowest BCUT2D eigenvalue weighted by Gasteiger charge is -2.08. The second-order valence-corrected chi connectivity index (χ2v) is 6.33. The number of benzene rings is 3. The van der Waals surface area contributed by atoms with Crippen molar-refractivity contribution in [3.63, 3.8) is 0 Å². The van der Waals surface area contributed by atoms with Gasteiger partial charge in [0.15, 0.2) is 5.76 Å². The molecule has 0 N–H and O–H groups in total. The summed E-state index contributed by atoms with van der Waals surface area (Å²) < 4.78 is 6.12. The van der Waals surface area contributed by atoms with Gasteiger partial charge in [-0.1, -0.05) is 66.7 Å². The normalized spacial score (nSPS) is 11.0. The molecular weight excluding hydrogens is 332 g/mol. The van der Waals surface area contributed by atoms with Crippen molar-refractivity contribution in [2.75, 3.05) is 0 Å². The molecule has 5 aromatic rings. The fourth-order valence-corrected chi connectivity index (χ4v) is 3.25. The second kappa shape index (κ2) is 6.54. The number of hydrogen-bond acceptors (Lipinski definition) is 3. The molecule has 128 valence electrons. The zero-order valence-electron chi connectivity index (χ0n) is 14.5. The van der Waals surface area contributed by atoms with Crippen molar-refractivity contribution in [1.82, 2.24) is 9.97 Å². The summed E-state index contributed by atoms with van der Waals surface area (Å²) in [6, 6.07) is 30.3. The molecule has 5 rings (SSSR count). The van der Waals surface area contributed by atoms with Gasteiger partial charge in [0.25, 0.3) is 0 Å². The quantitative estimate of drug-likeness (QED) is 0.388. The monoisotopic (exact) mass is 348 g/mol. The lowest BCUT2D eigenvalue weighted by atomic mass is 10.0. The van der Waals surface area contributed by atoms with Crippen LogP contribution < -0.4 is 0 Å². The van der Waals surface area contributed by atoms with Crippen molar-refractivity contribution in [2.45, 2.75) is 0 Å². The zero-order valence-corrected chi connectivity index (χ0v) is 14.5. The summed E-state index contributed by atoms with van der Waals surface area (Å²) in [5.74, 6) is 1.36. The Kier molecular flexibility index (Phi) is 3.76. The Bertz CT molecular complexity index is 1210. The Hall–Kier alpha value is -3.72. The Morgan fingerprint density at radius 2 is 1.33 bits per heavy atom. The van der Waals surface area contributed by atoms with Crippen LogP contribution in [0.25, 0.3) is 44.9 Å². The Morgan fingerprint density at radius 1 is 0.667 bits per heavy atom. The molecule has 0 saturated carbocycles. The number of rotatable bonds is 3. The molecule has 3 heteroatoms. The lowest BCUT2D eigenvalue weighted by Crippen LogP contribution is -1.88. The van der Waals surface area contributed by atoms with E-state index in [4.69, 9.17) is 9.40 Å². The highest BCUT2D eigenvalue weighted by atomic mass is 16.4. The van der Waals surface area contributed by atoms with Crippen LogP contribution in [0.3, 0.4) is 0 Å². The maximum absolute atomic E-state index is 6.12. The molecule has 0 amide bonds. The number of aromatic nitrogens is 2. The molecule has 3 aromatic carbocycles. The summed E-state index contributed by atoms with van der Waals surface area (Å²) in [4.78, 5) is 9.32. The first-order chi connectivity index (χ1) is 13.4. The SMILES string of the molecule is c1ccc(-c2cc(-c3cnc(-c4ccccc4)o3)c3ccccc3n2)cc1. The van der Waals surface area contributed by atoms with Crippen LogP contribution in [-0.4, -0.2) is 9.97 Å². The third-order valence-electron chi connectivity index (χ3n) is 4.58. The minimum absolute atomic E-state index is 0.618. The minimum Gasteiger partial charge on any atom is -0.436 e. The van der Waals surface area contributed by atoms with Gasteiger partial charge in [-0.05, 0) is 24.3 Å². The van der Waals surface area contributed by atoms with Gasteiger partial charge in [-0.25, -0.2) is 9.97 Å². The predicted molar refractivity (Wildman–Crippen MR) is 108 cm³/mol. The van der Waals surface area contributed by atoms with Gasteiger partial charge in [-0.3, -0.25) is 0 Å². The van der Waals surface area contributed by atoms with E-state index in [1.165, 1.54) is 0 Å². The van der Waals surface area contributed by atoms with Crippen LogP contribution in [0.15, 0.2) is 102 Å². The van der Waals surface area contributed by atoms with Gasteiger partial charge in [-0.15, -0.1) is 0 Å². The summed E-state index contributed by atoms with van der Waals surface area (Å²) in [5.41, 5.74) is 4.89. The fourth-order valence-electron chi connectivity index (χ4n) is 3.25. The molecule has 0 spiro atoms. The van der Waals surface area contributed by atoms with E-state index in [1.54, 1.807) is 6.20 Å². The molecule has 0 saturated heterocycles. The molecular formula is C24H16N2O. The summed E-state index contributed by atoms with van der Waals surface area (Å²) in [6.07, 6.45) is 1.79. The molecule has 0 aliphatic heterocycles. The van der Waals surface area contributed by atoms with Gasteiger partial charge < -0.3 is 4.42 Å². The molecule has 3 nitrogen and oxygen atoms in total. The zero-order chi connectivity index (χ0) is 18.1. The largest absolute Gasteiger partial charge is 0.436 e. The topological polar surface area (TPSA) is 38.9 Å². The van der Waals surface area contributed by atoms with Gasteiger partial charge >= 0.3 is 0 Å². The highest BCUT2D eigenvalue weighted by molar-refractivity contribution is 5.95. The van der Waals surface area contributed by atoms with E-state index in [9.17, 15) is 0 Å². The van der Waals surface area contributed by atoms with Gasteiger partial charge in [0, 0.05) is 22.1 Å². The van der Waals surface area contributed by atoms with Crippen molar-refractivity contribution in [1.29, 1.82) is 0 Å². The van der Waals surface area contributed by atoms with E-state index in [0.717, 1.165) is 39.0 Å². The van der Waals surface area contributed by atoms with Gasteiger partial charge in [-0.2, -0.15) is 0 Å². The Balaban J connectivity index is 1.70. The van der Waals surface area contributed by atoms with E-state index < -0.39 is 0 Å². The number of para-hydroxylation sites is 1. The van der Waals surface area contributed by atoms with Crippen LogP contribution >= 0.6 is 0 Å². The first-order valence-corrected chi connectivity index (χ1v) is 8.85. The molecule has 2 aromatic heterocycles. The molecule has 0 aliphatic rings. The van der Waals surface area contributed by atoms with Crippen molar-refractivity contribution in [3.05, 3.63) is 97.2 Å². The molecule has 0 fully saturated rings. The molecule has 0 bridgehead atoms. The van der Waals surface area contributed by atoms with Crippen LogP contribution in [0.2, 0.25) is 0 Å². The van der Waals surface area contributed by atoms with Crippen LogP contribution in [0.4, 0.5) is 0 Å². The number of hydrogen-bond donors (Lipinski definition) is 0.